The molecule has 0 radical (unpaired) electrons. The van der Waals surface area contributed by atoms with Gasteiger partial charge in [0.25, 0.3) is 5.91 Å². The van der Waals surface area contributed by atoms with Crippen molar-refractivity contribution in [3.63, 3.8) is 0 Å². The monoisotopic (exact) mass is 380 g/mol. The first kappa shape index (κ1) is 19.9. The average Bonchev–Trinajstić information content (AvgIpc) is 3.03. The lowest BCUT2D eigenvalue weighted by atomic mass is 9.94. The summed E-state index contributed by atoms with van der Waals surface area (Å²) < 4.78 is 5.61. The van der Waals surface area contributed by atoms with Crippen LogP contribution in [0.15, 0.2) is 42.5 Å². The fourth-order valence-electron chi connectivity index (χ4n) is 3.23. The molecule has 2 aromatic rings. The second-order valence-corrected chi connectivity index (χ2v) is 8.45. The van der Waals surface area contributed by atoms with Gasteiger partial charge in [0.1, 0.15) is 5.75 Å². The summed E-state index contributed by atoms with van der Waals surface area (Å²) in [6.07, 6.45) is 0.924. The van der Waals surface area contributed by atoms with E-state index in [0.717, 1.165) is 23.4 Å². The topological polar surface area (TPSA) is 58.6 Å². The van der Waals surface area contributed by atoms with Crippen LogP contribution >= 0.6 is 0 Å². The molecule has 1 N–H and O–H groups in total. The Labute approximate surface area is 166 Å². The van der Waals surface area contributed by atoms with E-state index in [1.165, 1.54) is 0 Å². The molecule has 0 unspecified atom stereocenters. The van der Waals surface area contributed by atoms with Crippen LogP contribution in [0.4, 0.5) is 11.4 Å². The van der Waals surface area contributed by atoms with Gasteiger partial charge in [0, 0.05) is 28.9 Å². The van der Waals surface area contributed by atoms with E-state index in [2.05, 4.69) is 5.32 Å². The molecule has 0 aromatic heterocycles. The maximum Gasteiger partial charge on any atom is 0.255 e. The Morgan fingerprint density at radius 2 is 1.75 bits per heavy atom. The molecule has 5 nitrogen and oxygen atoms in total. The standard InChI is InChI=1S/C23H28N2O3/c1-15(2)28-19-10-7-17(8-11-19)21(26)24-18-9-6-16-12-13-25(20(16)14-18)22(27)23(3,4)5/h6-11,14-15H,12-13H2,1-5H3,(H,24,26). The third-order valence-electron chi connectivity index (χ3n) is 4.61. The molecule has 0 spiro atoms. The van der Waals surface area contributed by atoms with Crippen LogP contribution in [0.2, 0.25) is 0 Å². The largest absolute Gasteiger partial charge is 0.491 e. The highest BCUT2D eigenvalue weighted by atomic mass is 16.5. The molecule has 1 heterocycles. The smallest absolute Gasteiger partial charge is 0.255 e. The zero-order chi connectivity index (χ0) is 20.5. The average molecular weight is 380 g/mol. The number of nitrogens with one attached hydrogen (secondary N) is 1. The number of carbonyl (C=O) groups excluding carboxylic acids is 2. The summed E-state index contributed by atoms with van der Waals surface area (Å²) in [5.74, 6) is 0.638. The van der Waals surface area contributed by atoms with Gasteiger partial charge < -0.3 is 15.0 Å². The van der Waals surface area contributed by atoms with Crippen molar-refractivity contribution in [3.8, 4) is 5.75 Å². The molecule has 148 valence electrons. The van der Waals surface area contributed by atoms with Crippen molar-refractivity contribution >= 4 is 23.2 Å². The number of hydrogen-bond donors (Lipinski definition) is 1. The first-order valence-corrected chi connectivity index (χ1v) is 9.68. The lowest BCUT2D eigenvalue weighted by Gasteiger charge is -2.26. The minimum absolute atomic E-state index is 0.0878. The molecule has 0 bridgehead atoms. The number of carbonyl (C=O) groups is 2. The molecule has 0 aliphatic carbocycles. The molecular formula is C23H28N2O3. The van der Waals surface area contributed by atoms with Gasteiger partial charge in [-0.2, -0.15) is 0 Å². The number of hydrogen-bond acceptors (Lipinski definition) is 3. The zero-order valence-corrected chi connectivity index (χ0v) is 17.2. The van der Waals surface area contributed by atoms with Crippen molar-refractivity contribution in [1.82, 2.24) is 0 Å². The van der Waals surface area contributed by atoms with Gasteiger partial charge in [0.15, 0.2) is 0 Å². The summed E-state index contributed by atoms with van der Waals surface area (Å²) in [6, 6.07) is 12.8. The van der Waals surface area contributed by atoms with Gasteiger partial charge in [-0.25, -0.2) is 0 Å². The number of benzene rings is 2. The van der Waals surface area contributed by atoms with Gasteiger partial charge in [-0.1, -0.05) is 26.8 Å². The SMILES string of the molecule is CC(C)Oc1ccc(C(=O)Nc2ccc3c(c2)N(C(=O)C(C)(C)C)CC3)cc1. The molecule has 5 heteroatoms. The lowest BCUT2D eigenvalue weighted by molar-refractivity contribution is -0.125. The van der Waals surface area contributed by atoms with Gasteiger partial charge in [0.05, 0.1) is 6.10 Å². The highest BCUT2D eigenvalue weighted by molar-refractivity contribution is 6.05. The van der Waals surface area contributed by atoms with E-state index >= 15 is 0 Å². The molecule has 2 amide bonds. The lowest BCUT2D eigenvalue weighted by Crippen LogP contribution is -2.38. The Kier molecular flexibility index (Phi) is 5.45. The van der Waals surface area contributed by atoms with Crippen molar-refractivity contribution in [1.29, 1.82) is 0 Å². The summed E-state index contributed by atoms with van der Waals surface area (Å²) in [7, 11) is 0. The van der Waals surface area contributed by atoms with Crippen LogP contribution in [0.3, 0.4) is 0 Å². The van der Waals surface area contributed by atoms with Crippen LogP contribution in [0, 0.1) is 5.41 Å². The molecule has 2 aromatic carbocycles. The molecule has 28 heavy (non-hydrogen) atoms. The predicted octanol–water partition coefficient (Wildman–Crippen LogP) is 4.66. The van der Waals surface area contributed by atoms with Gasteiger partial charge in [-0.15, -0.1) is 0 Å². The quantitative estimate of drug-likeness (QED) is 0.839. The van der Waals surface area contributed by atoms with Crippen LogP contribution in [0.1, 0.15) is 50.5 Å². The van der Waals surface area contributed by atoms with E-state index in [0.29, 0.717) is 17.8 Å². The molecule has 0 saturated carbocycles. The summed E-state index contributed by atoms with van der Waals surface area (Å²) in [5.41, 5.74) is 2.81. The maximum absolute atomic E-state index is 12.7. The van der Waals surface area contributed by atoms with Gasteiger partial charge in [-0.05, 0) is 62.2 Å². The second-order valence-electron chi connectivity index (χ2n) is 8.45. The Morgan fingerprint density at radius 3 is 2.36 bits per heavy atom. The van der Waals surface area contributed by atoms with Gasteiger partial charge in [-0.3, -0.25) is 9.59 Å². The van der Waals surface area contributed by atoms with E-state index in [1.54, 1.807) is 24.3 Å². The molecule has 0 saturated heterocycles. The normalized spacial score (nSPS) is 13.4. The predicted molar refractivity (Wildman–Crippen MR) is 112 cm³/mol. The van der Waals surface area contributed by atoms with Crippen LogP contribution in [0.25, 0.3) is 0 Å². The van der Waals surface area contributed by atoms with E-state index in [9.17, 15) is 9.59 Å². The Morgan fingerprint density at radius 1 is 1.07 bits per heavy atom. The fourth-order valence-corrected chi connectivity index (χ4v) is 3.23. The third kappa shape index (κ3) is 4.35. The van der Waals surface area contributed by atoms with Gasteiger partial charge in [0.2, 0.25) is 5.91 Å². The van der Waals surface area contributed by atoms with Crippen molar-refractivity contribution < 1.29 is 14.3 Å². The summed E-state index contributed by atoms with van der Waals surface area (Å²) in [6.45, 7) is 10.4. The molecule has 3 rings (SSSR count). The van der Waals surface area contributed by atoms with Gasteiger partial charge >= 0.3 is 0 Å². The minimum atomic E-state index is -0.444. The number of anilines is 2. The van der Waals surface area contributed by atoms with Crippen LogP contribution in [-0.2, 0) is 11.2 Å². The third-order valence-corrected chi connectivity index (χ3v) is 4.61. The summed E-state index contributed by atoms with van der Waals surface area (Å²) in [5, 5.41) is 2.93. The van der Waals surface area contributed by atoms with Crippen molar-refractivity contribution in [2.45, 2.75) is 47.1 Å². The first-order chi connectivity index (χ1) is 13.1. The summed E-state index contributed by atoms with van der Waals surface area (Å²) >= 11 is 0. The number of ether oxygens (including phenoxy) is 1. The van der Waals surface area contributed by atoms with E-state index in [-0.39, 0.29) is 17.9 Å². The van der Waals surface area contributed by atoms with Crippen LogP contribution in [-0.4, -0.2) is 24.5 Å². The van der Waals surface area contributed by atoms with Crippen molar-refractivity contribution in [2.24, 2.45) is 5.41 Å². The Balaban J connectivity index is 1.75. The Hall–Kier alpha value is -2.82. The number of nitrogens with zero attached hydrogens (tertiary/aromatic N) is 1. The zero-order valence-electron chi connectivity index (χ0n) is 17.2. The molecule has 0 fully saturated rings. The number of amides is 2. The van der Waals surface area contributed by atoms with Crippen molar-refractivity contribution in [2.75, 3.05) is 16.8 Å². The molecule has 0 atom stereocenters. The fraction of sp³-hybridized carbons (Fsp3) is 0.391. The highest BCUT2D eigenvalue weighted by Gasteiger charge is 2.32. The van der Waals surface area contributed by atoms with E-state index in [1.807, 2.05) is 57.7 Å². The summed E-state index contributed by atoms with van der Waals surface area (Å²) in [4.78, 5) is 27.1. The van der Waals surface area contributed by atoms with Crippen LogP contribution in [0.5, 0.6) is 5.75 Å². The highest BCUT2D eigenvalue weighted by Crippen LogP contribution is 2.34. The molecule has 1 aliphatic heterocycles. The molecule has 1 aliphatic rings. The van der Waals surface area contributed by atoms with Crippen molar-refractivity contribution in [3.05, 3.63) is 53.6 Å². The van der Waals surface area contributed by atoms with E-state index < -0.39 is 5.41 Å². The minimum Gasteiger partial charge on any atom is -0.491 e. The second kappa shape index (κ2) is 7.66. The number of rotatable bonds is 4. The molecular weight excluding hydrogens is 352 g/mol. The Bertz CT molecular complexity index is 880. The van der Waals surface area contributed by atoms with Crippen LogP contribution < -0.4 is 15.0 Å². The number of fused-ring (bicyclic) bond motifs is 1. The first-order valence-electron chi connectivity index (χ1n) is 9.68. The maximum atomic E-state index is 12.7. The van der Waals surface area contributed by atoms with E-state index in [4.69, 9.17) is 4.74 Å².